The SMILES string of the molecule is Fc1cccc(NCc2cc(Br)cs2)n1. The van der Waals surface area contributed by atoms with E-state index in [9.17, 15) is 4.39 Å². The maximum atomic E-state index is 12.7. The summed E-state index contributed by atoms with van der Waals surface area (Å²) in [6.07, 6.45) is 0. The Morgan fingerprint density at radius 3 is 3.00 bits per heavy atom. The molecule has 0 aromatic carbocycles. The first-order valence-electron chi connectivity index (χ1n) is 4.33. The van der Waals surface area contributed by atoms with Crippen molar-refractivity contribution in [3.8, 4) is 0 Å². The molecule has 0 saturated heterocycles. The first-order chi connectivity index (χ1) is 7.24. The van der Waals surface area contributed by atoms with Crippen molar-refractivity contribution in [2.24, 2.45) is 0 Å². The van der Waals surface area contributed by atoms with Gasteiger partial charge in [-0.3, -0.25) is 0 Å². The highest BCUT2D eigenvalue weighted by molar-refractivity contribution is 9.10. The van der Waals surface area contributed by atoms with Crippen LogP contribution in [0.25, 0.3) is 0 Å². The number of anilines is 1. The summed E-state index contributed by atoms with van der Waals surface area (Å²) in [7, 11) is 0. The minimum atomic E-state index is -0.465. The standard InChI is InChI=1S/C10H8BrFN2S/c11-7-4-8(15-6-7)5-13-10-3-1-2-9(12)14-10/h1-4,6H,5H2,(H,13,14). The average molecular weight is 287 g/mol. The quantitative estimate of drug-likeness (QED) is 0.871. The molecule has 0 aliphatic carbocycles. The molecule has 0 bridgehead atoms. The van der Waals surface area contributed by atoms with Gasteiger partial charge in [0.25, 0.3) is 0 Å². The molecule has 0 amide bonds. The normalized spacial score (nSPS) is 10.3. The molecule has 0 atom stereocenters. The lowest BCUT2D eigenvalue weighted by molar-refractivity contribution is 0.585. The third-order valence-corrected chi connectivity index (χ3v) is 3.48. The van der Waals surface area contributed by atoms with Crippen molar-refractivity contribution in [2.75, 3.05) is 5.32 Å². The number of halogens is 2. The number of nitrogens with zero attached hydrogens (tertiary/aromatic N) is 1. The van der Waals surface area contributed by atoms with Crippen molar-refractivity contribution < 1.29 is 4.39 Å². The summed E-state index contributed by atoms with van der Waals surface area (Å²) < 4.78 is 13.8. The van der Waals surface area contributed by atoms with Crippen molar-refractivity contribution in [2.45, 2.75) is 6.54 Å². The predicted octanol–water partition coefficient (Wildman–Crippen LogP) is 3.66. The molecular formula is C10H8BrFN2S. The molecule has 2 aromatic rings. The van der Waals surface area contributed by atoms with Crippen LogP contribution in [0.1, 0.15) is 4.88 Å². The molecule has 0 unspecified atom stereocenters. The fourth-order valence-corrected chi connectivity index (χ4v) is 2.52. The van der Waals surface area contributed by atoms with Crippen molar-refractivity contribution in [1.82, 2.24) is 4.98 Å². The molecule has 1 N–H and O–H groups in total. The van der Waals surface area contributed by atoms with Gasteiger partial charge in [-0.05, 0) is 34.1 Å². The van der Waals surface area contributed by atoms with E-state index in [1.165, 1.54) is 10.9 Å². The number of pyridine rings is 1. The molecular weight excluding hydrogens is 279 g/mol. The van der Waals surface area contributed by atoms with E-state index in [0.717, 1.165) is 4.47 Å². The van der Waals surface area contributed by atoms with Gasteiger partial charge in [0.2, 0.25) is 5.95 Å². The lowest BCUT2D eigenvalue weighted by Crippen LogP contribution is -2.00. The molecule has 2 rings (SSSR count). The van der Waals surface area contributed by atoms with E-state index in [-0.39, 0.29) is 0 Å². The maximum absolute atomic E-state index is 12.7. The summed E-state index contributed by atoms with van der Waals surface area (Å²) in [5.41, 5.74) is 0. The summed E-state index contributed by atoms with van der Waals surface area (Å²) in [4.78, 5) is 4.88. The Balaban J connectivity index is 1.99. The molecule has 5 heteroatoms. The van der Waals surface area contributed by atoms with Crippen molar-refractivity contribution in [3.63, 3.8) is 0 Å². The van der Waals surface area contributed by atoms with Crippen LogP contribution in [0.15, 0.2) is 34.1 Å². The second kappa shape index (κ2) is 4.72. The van der Waals surface area contributed by atoms with E-state index in [2.05, 4.69) is 26.2 Å². The van der Waals surface area contributed by atoms with Crippen molar-refractivity contribution >= 4 is 33.1 Å². The Bertz CT molecular complexity index is 458. The second-order valence-corrected chi connectivity index (χ2v) is 4.84. The number of thiophene rings is 1. The Hall–Kier alpha value is -0.940. The van der Waals surface area contributed by atoms with Gasteiger partial charge in [-0.2, -0.15) is 4.39 Å². The lowest BCUT2D eigenvalue weighted by atomic mass is 10.4. The number of hydrogen-bond acceptors (Lipinski definition) is 3. The Kier molecular flexibility index (Phi) is 3.33. The first kappa shape index (κ1) is 10.6. The fraction of sp³-hybridized carbons (Fsp3) is 0.100. The van der Waals surface area contributed by atoms with Crippen molar-refractivity contribution in [1.29, 1.82) is 0 Å². The molecule has 78 valence electrons. The van der Waals surface area contributed by atoms with E-state index in [1.807, 2.05) is 11.4 Å². The highest BCUT2D eigenvalue weighted by Gasteiger charge is 1.99. The van der Waals surface area contributed by atoms with Crippen LogP contribution in [0.2, 0.25) is 0 Å². The van der Waals surface area contributed by atoms with Gasteiger partial charge in [-0.1, -0.05) is 6.07 Å². The molecule has 0 radical (unpaired) electrons. The zero-order valence-electron chi connectivity index (χ0n) is 7.71. The van der Waals surface area contributed by atoms with Gasteiger partial charge in [-0.25, -0.2) is 4.98 Å². The van der Waals surface area contributed by atoms with E-state index in [1.54, 1.807) is 23.5 Å². The third-order valence-electron chi connectivity index (χ3n) is 1.78. The zero-order valence-corrected chi connectivity index (χ0v) is 10.1. The summed E-state index contributed by atoms with van der Waals surface area (Å²) >= 11 is 5.02. The Morgan fingerprint density at radius 1 is 1.47 bits per heavy atom. The highest BCUT2D eigenvalue weighted by atomic mass is 79.9. The minimum Gasteiger partial charge on any atom is -0.365 e. The summed E-state index contributed by atoms with van der Waals surface area (Å²) in [5, 5.41) is 5.06. The van der Waals surface area contributed by atoms with Crippen LogP contribution in [-0.4, -0.2) is 4.98 Å². The van der Waals surface area contributed by atoms with E-state index >= 15 is 0 Å². The van der Waals surface area contributed by atoms with Gasteiger partial charge in [0.15, 0.2) is 0 Å². The van der Waals surface area contributed by atoms with Gasteiger partial charge in [0.05, 0.1) is 6.54 Å². The van der Waals surface area contributed by atoms with Crippen LogP contribution >= 0.6 is 27.3 Å². The van der Waals surface area contributed by atoms with E-state index in [4.69, 9.17) is 0 Å². The van der Waals surface area contributed by atoms with Crippen LogP contribution in [0, 0.1) is 5.95 Å². The van der Waals surface area contributed by atoms with Crippen LogP contribution in [0.3, 0.4) is 0 Å². The van der Waals surface area contributed by atoms with Crippen LogP contribution in [0.5, 0.6) is 0 Å². The lowest BCUT2D eigenvalue weighted by Gasteiger charge is -2.02. The number of hydrogen-bond donors (Lipinski definition) is 1. The van der Waals surface area contributed by atoms with E-state index < -0.39 is 5.95 Å². The minimum absolute atomic E-state index is 0.465. The molecule has 0 saturated carbocycles. The van der Waals surface area contributed by atoms with Gasteiger partial charge < -0.3 is 5.32 Å². The molecule has 0 aliphatic heterocycles. The molecule has 2 nitrogen and oxygen atoms in total. The van der Waals surface area contributed by atoms with Crippen molar-refractivity contribution in [3.05, 3.63) is 44.9 Å². The monoisotopic (exact) mass is 286 g/mol. The molecule has 0 spiro atoms. The summed E-state index contributed by atoms with van der Waals surface area (Å²) in [6.45, 7) is 0.659. The number of aromatic nitrogens is 1. The third kappa shape index (κ3) is 3.00. The Labute approximate surface area is 99.3 Å². The first-order valence-corrected chi connectivity index (χ1v) is 6.00. The smallest absolute Gasteiger partial charge is 0.214 e. The van der Waals surface area contributed by atoms with Crippen LogP contribution < -0.4 is 5.32 Å². The van der Waals surface area contributed by atoms with Gasteiger partial charge in [-0.15, -0.1) is 11.3 Å². The van der Waals surface area contributed by atoms with Gasteiger partial charge >= 0.3 is 0 Å². The number of rotatable bonds is 3. The fourth-order valence-electron chi connectivity index (χ4n) is 1.13. The molecule has 0 fully saturated rings. The average Bonchev–Trinajstić information content (AvgIpc) is 2.62. The van der Waals surface area contributed by atoms with E-state index in [0.29, 0.717) is 12.4 Å². The topological polar surface area (TPSA) is 24.9 Å². The van der Waals surface area contributed by atoms with Crippen LogP contribution in [-0.2, 0) is 6.54 Å². The molecule has 2 aromatic heterocycles. The largest absolute Gasteiger partial charge is 0.365 e. The molecule has 2 heterocycles. The zero-order chi connectivity index (χ0) is 10.7. The number of nitrogens with one attached hydrogen (secondary N) is 1. The second-order valence-electron chi connectivity index (χ2n) is 2.93. The van der Waals surface area contributed by atoms with Crippen LogP contribution in [0.4, 0.5) is 10.2 Å². The Morgan fingerprint density at radius 2 is 2.33 bits per heavy atom. The van der Waals surface area contributed by atoms with Gasteiger partial charge in [0.1, 0.15) is 5.82 Å². The summed E-state index contributed by atoms with van der Waals surface area (Å²) in [6, 6.07) is 6.73. The maximum Gasteiger partial charge on any atom is 0.214 e. The highest BCUT2D eigenvalue weighted by Crippen LogP contribution is 2.20. The molecule has 15 heavy (non-hydrogen) atoms. The van der Waals surface area contributed by atoms with Gasteiger partial charge in [0, 0.05) is 14.7 Å². The summed E-state index contributed by atoms with van der Waals surface area (Å²) in [5.74, 6) is 0.0897. The molecule has 0 aliphatic rings. The predicted molar refractivity (Wildman–Crippen MR) is 63.5 cm³/mol.